The van der Waals surface area contributed by atoms with E-state index in [0.29, 0.717) is 5.66 Å². The average Bonchev–Trinajstić information content (AvgIpc) is 3.27. The Morgan fingerprint density at radius 3 is 1.53 bits per heavy atom. The number of benzene rings is 4. The van der Waals surface area contributed by atoms with Gasteiger partial charge in [-0.15, -0.1) is 0 Å². The predicted molar refractivity (Wildman–Crippen MR) is 139 cm³/mol. The molecule has 1 atom stereocenters. The van der Waals surface area contributed by atoms with Crippen molar-refractivity contribution in [2.24, 2.45) is 0 Å². The molecule has 1 unspecified atom stereocenters. The molecule has 0 heterocycles. The maximum absolute atomic E-state index is 4.65. The van der Waals surface area contributed by atoms with Gasteiger partial charge >= 0.3 is 196 Å². The van der Waals surface area contributed by atoms with E-state index < -0.39 is 5.31 Å². The monoisotopic (exact) mass is 536 g/mol. The van der Waals surface area contributed by atoms with Crippen molar-refractivity contribution in [3.63, 3.8) is 0 Å². The molecule has 0 saturated carbocycles. The topological polar surface area (TPSA) is 0 Å². The SMILES string of the molecule is Brc1cccc2c1CCC2P(Br)(c1ccccc1)(c1ccccc1)c1ccccc1. The molecule has 0 nitrogen and oxygen atoms in total. The van der Waals surface area contributed by atoms with Crippen molar-refractivity contribution in [3.05, 3.63) is 125 Å². The molecule has 1 aliphatic carbocycles. The molecule has 0 N–H and O–H groups in total. The van der Waals surface area contributed by atoms with Crippen molar-refractivity contribution in [2.45, 2.75) is 18.5 Å². The summed E-state index contributed by atoms with van der Waals surface area (Å²) in [5.41, 5.74) is 3.30. The fourth-order valence-corrected chi connectivity index (χ4v) is 14.8. The third-order valence-electron chi connectivity index (χ3n) is 6.55. The summed E-state index contributed by atoms with van der Waals surface area (Å²) in [5.74, 6) is 0. The van der Waals surface area contributed by atoms with Crippen LogP contribution in [-0.2, 0) is 6.42 Å². The first-order chi connectivity index (χ1) is 14.6. The van der Waals surface area contributed by atoms with Crippen molar-refractivity contribution >= 4 is 52.6 Å². The van der Waals surface area contributed by atoms with Crippen molar-refractivity contribution in [1.82, 2.24) is 0 Å². The van der Waals surface area contributed by atoms with Gasteiger partial charge in [0.15, 0.2) is 0 Å². The van der Waals surface area contributed by atoms with Crippen LogP contribution < -0.4 is 15.9 Å². The van der Waals surface area contributed by atoms with E-state index in [4.69, 9.17) is 0 Å². The summed E-state index contributed by atoms with van der Waals surface area (Å²) < 4.78 is 1.23. The van der Waals surface area contributed by atoms with Crippen molar-refractivity contribution in [3.8, 4) is 0 Å². The first-order valence-electron chi connectivity index (χ1n) is 10.3. The summed E-state index contributed by atoms with van der Waals surface area (Å²) in [7, 11) is 0. The van der Waals surface area contributed by atoms with Gasteiger partial charge in [0, 0.05) is 0 Å². The third kappa shape index (κ3) is 2.81. The fourth-order valence-electron chi connectivity index (χ4n) is 5.24. The van der Waals surface area contributed by atoms with Crippen LogP contribution in [0, 0.1) is 0 Å². The molecule has 0 fully saturated rings. The molecule has 0 saturated heterocycles. The minimum absolute atomic E-state index is 0.371. The van der Waals surface area contributed by atoms with Gasteiger partial charge < -0.3 is 0 Å². The molecule has 3 heteroatoms. The molecule has 1 aliphatic rings. The molecule has 0 aromatic heterocycles. The zero-order valence-corrected chi connectivity index (χ0v) is 20.7. The van der Waals surface area contributed by atoms with Gasteiger partial charge in [-0.25, -0.2) is 0 Å². The van der Waals surface area contributed by atoms with Crippen LogP contribution in [0.5, 0.6) is 0 Å². The van der Waals surface area contributed by atoms with Crippen LogP contribution in [0.3, 0.4) is 0 Å². The normalized spacial score (nSPS) is 17.1. The summed E-state index contributed by atoms with van der Waals surface area (Å²) in [6.07, 6.45) is 2.22. The van der Waals surface area contributed by atoms with E-state index in [1.165, 1.54) is 31.5 Å². The van der Waals surface area contributed by atoms with E-state index in [-0.39, 0.29) is 0 Å². The Balaban J connectivity index is 1.94. The molecule has 150 valence electrons. The van der Waals surface area contributed by atoms with E-state index in [2.05, 4.69) is 141 Å². The van der Waals surface area contributed by atoms with Crippen molar-refractivity contribution in [2.75, 3.05) is 0 Å². The van der Waals surface area contributed by atoms with E-state index in [1.807, 2.05) is 0 Å². The Kier molecular flexibility index (Phi) is 5.22. The molecular weight excluding hydrogens is 515 g/mol. The van der Waals surface area contributed by atoms with Gasteiger partial charge in [-0.2, -0.15) is 0 Å². The van der Waals surface area contributed by atoms with E-state index in [1.54, 1.807) is 0 Å². The first-order valence-corrected chi connectivity index (χ1v) is 15.4. The summed E-state index contributed by atoms with van der Waals surface area (Å²) >= 11 is 8.48. The third-order valence-corrected chi connectivity index (χ3v) is 18.1. The van der Waals surface area contributed by atoms with Gasteiger partial charge in [0.2, 0.25) is 0 Å². The average molecular weight is 538 g/mol. The number of halogens is 2. The van der Waals surface area contributed by atoms with Crippen LogP contribution >= 0.6 is 36.7 Å². The van der Waals surface area contributed by atoms with Crippen molar-refractivity contribution in [1.29, 1.82) is 0 Å². The molecule has 0 aliphatic heterocycles. The van der Waals surface area contributed by atoms with E-state index >= 15 is 0 Å². The molecule has 5 rings (SSSR count). The number of hydrogen-bond donors (Lipinski definition) is 0. The second-order valence-corrected chi connectivity index (χ2v) is 17.5. The van der Waals surface area contributed by atoms with Gasteiger partial charge in [0.1, 0.15) is 0 Å². The predicted octanol–water partition coefficient (Wildman–Crippen LogP) is 7.28. The van der Waals surface area contributed by atoms with Crippen LogP contribution in [0.15, 0.2) is 114 Å². The number of hydrogen-bond acceptors (Lipinski definition) is 0. The standard InChI is InChI=1S/C27H23Br2P/c28-26-18-10-17-25-24(26)19-20-27(25)30(29,21-11-4-1-5-12-21,22-13-6-2-7-14-22)23-15-8-3-9-16-23/h1-18,27H,19-20H2. The molecule has 0 radical (unpaired) electrons. The number of rotatable bonds is 4. The molecular formula is C27H23Br2P. The summed E-state index contributed by atoms with van der Waals surface area (Å²) in [5, 5.41) is 1.17. The maximum atomic E-state index is 4.65. The van der Waals surface area contributed by atoms with Gasteiger partial charge in [-0.1, -0.05) is 0 Å². The molecule has 4 aromatic rings. The van der Waals surface area contributed by atoms with E-state index in [9.17, 15) is 0 Å². The molecule has 0 bridgehead atoms. The van der Waals surface area contributed by atoms with Crippen LogP contribution in [0.4, 0.5) is 0 Å². The van der Waals surface area contributed by atoms with E-state index in [0.717, 1.165) is 12.8 Å². The van der Waals surface area contributed by atoms with Gasteiger partial charge in [0.25, 0.3) is 0 Å². The Morgan fingerprint density at radius 2 is 1.07 bits per heavy atom. The van der Waals surface area contributed by atoms with Crippen molar-refractivity contribution < 1.29 is 0 Å². The Labute approximate surface area is 195 Å². The minimum atomic E-state index is -3.00. The number of fused-ring (bicyclic) bond motifs is 1. The zero-order chi connectivity index (χ0) is 20.6. The quantitative estimate of drug-likeness (QED) is 0.240. The summed E-state index contributed by atoms with van der Waals surface area (Å²) in [6.45, 7) is 0. The van der Waals surface area contributed by atoms with Gasteiger partial charge in [0.05, 0.1) is 0 Å². The summed E-state index contributed by atoms with van der Waals surface area (Å²) in [6, 6.07) is 40.1. The van der Waals surface area contributed by atoms with Crippen LogP contribution in [0.25, 0.3) is 0 Å². The molecule has 30 heavy (non-hydrogen) atoms. The first kappa shape index (κ1) is 20.2. The van der Waals surface area contributed by atoms with Gasteiger partial charge in [-0.05, 0) is 0 Å². The van der Waals surface area contributed by atoms with Gasteiger partial charge in [-0.3, -0.25) is 0 Å². The van der Waals surface area contributed by atoms with Crippen LogP contribution in [0.2, 0.25) is 0 Å². The fraction of sp³-hybridized carbons (Fsp3) is 0.111. The Hall–Kier alpha value is -1.73. The molecule has 0 amide bonds. The second-order valence-electron chi connectivity index (χ2n) is 7.94. The Bertz CT molecular complexity index is 1070. The summed E-state index contributed by atoms with van der Waals surface area (Å²) in [4.78, 5) is 0. The molecule has 0 spiro atoms. The Morgan fingerprint density at radius 1 is 0.600 bits per heavy atom. The van der Waals surface area contributed by atoms with Crippen LogP contribution in [0.1, 0.15) is 23.2 Å². The zero-order valence-electron chi connectivity index (χ0n) is 16.6. The second kappa shape index (κ2) is 7.75. The van der Waals surface area contributed by atoms with Crippen LogP contribution in [-0.4, -0.2) is 0 Å². The molecule has 4 aromatic carbocycles.